The monoisotopic (exact) mass is 460 g/mol. The van der Waals surface area contributed by atoms with Crippen LogP contribution in [0.1, 0.15) is 61.7 Å². The second kappa shape index (κ2) is 10.0. The van der Waals surface area contributed by atoms with Crippen molar-refractivity contribution < 1.29 is 14.3 Å². The lowest BCUT2D eigenvalue weighted by Gasteiger charge is -2.27. The Morgan fingerprint density at radius 2 is 1.74 bits per heavy atom. The van der Waals surface area contributed by atoms with Crippen LogP contribution >= 0.6 is 0 Å². The maximum absolute atomic E-state index is 12.6. The molecule has 1 heterocycles. The molecule has 34 heavy (non-hydrogen) atoms. The molecule has 2 aromatic carbocycles. The molecule has 0 saturated carbocycles. The van der Waals surface area contributed by atoms with Crippen molar-refractivity contribution in [3.05, 3.63) is 70.9 Å². The molecule has 3 N–H and O–H groups in total. The summed E-state index contributed by atoms with van der Waals surface area (Å²) in [5.41, 5.74) is 3.31. The average Bonchev–Trinajstić information content (AvgIpc) is 3.19. The molecular formula is C27H32N4O3. The van der Waals surface area contributed by atoms with E-state index in [4.69, 9.17) is 4.74 Å². The van der Waals surface area contributed by atoms with E-state index in [2.05, 4.69) is 21.7 Å². The summed E-state index contributed by atoms with van der Waals surface area (Å²) in [5.74, 6) is -0.142. The van der Waals surface area contributed by atoms with Crippen molar-refractivity contribution in [3.63, 3.8) is 0 Å². The average molecular weight is 461 g/mol. The van der Waals surface area contributed by atoms with Gasteiger partial charge in [-0.2, -0.15) is 5.26 Å². The summed E-state index contributed by atoms with van der Waals surface area (Å²) in [6, 6.07) is 15.5. The normalized spacial score (nSPS) is 11.6. The Morgan fingerprint density at radius 3 is 2.38 bits per heavy atom. The van der Waals surface area contributed by atoms with Gasteiger partial charge in [-0.15, -0.1) is 0 Å². The highest BCUT2D eigenvalue weighted by Crippen LogP contribution is 2.23. The van der Waals surface area contributed by atoms with E-state index in [0.717, 1.165) is 22.0 Å². The Hall–Kier alpha value is -3.79. The van der Waals surface area contributed by atoms with Gasteiger partial charge >= 0.3 is 6.09 Å². The zero-order valence-electron chi connectivity index (χ0n) is 20.4. The summed E-state index contributed by atoms with van der Waals surface area (Å²) < 4.78 is 5.30. The fraction of sp³-hybridized carbons (Fsp3) is 0.370. The Bertz CT molecular complexity index is 1210. The van der Waals surface area contributed by atoms with Gasteiger partial charge in [-0.25, -0.2) is 4.79 Å². The van der Waals surface area contributed by atoms with E-state index >= 15 is 0 Å². The number of nitriles is 1. The molecule has 7 heteroatoms. The second-order valence-electron chi connectivity index (χ2n) is 10.0. The van der Waals surface area contributed by atoms with Crippen LogP contribution in [0.25, 0.3) is 10.9 Å². The van der Waals surface area contributed by atoms with E-state index in [1.54, 1.807) is 18.3 Å². The smallest absolute Gasteiger partial charge is 0.407 e. The third-order valence-corrected chi connectivity index (χ3v) is 5.57. The summed E-state index contributed by atoms with van der Waals surface area (Å²) in [6.07, 6.45) is 1.92. The Labute approximate surface area is 200 Å². The molecule has 0 aliphatic heterocycles. The summed E-state index contributed by atoms with van der Waals surface area (Å²) >= 11 is 0. The minimum atomic E-state index is -0.544. The fourth-order valence-corrected chi connectivity index (χ4v) is 3.62. The van der Waals surface area contributed by atoms with E-state index in [0.29, 0.717) is 30.6 Å². The molecule has 0 unspecified atom stereocenters. The number of hydrogen-bond donors (Lipinski definition) is 3. The largest absolute Gasteiger partial charge is 0.444 e. The van der Waals surface area contributed by atoms with Gasteiger partial charge in [0.25, 0.3) is 5.91 Å². The molecule has 178 valence electrons. The van der Waals surface area contributed by atoms with Crippen molar-refractivity contribution in [2.45, 2.75) is 52.1 Å². The first kappa shape index (κ1) is 24.8. The van der Waals surface area contributed by atoms with Crippen molar-refractivity contribution in [3.8, 4) is 6.07 Å². The van der Waals surface area contributed by atoms with E-state index in [1.807, 2.05) is 65.0 Å². The van der Waals surface area contributed by atoms with Crippen LogP contribution in [0.5, 0.6) is 0 Å². The summed E-state index contributed by atoms with van der Waals surface area (Å²) in [4.78, 5) is 27.6. The van der Waals surface area contributed by atoms with Crippen molar-refractivity contribution in [1.82, 2.24) is 15.6 Å². The van der Waals surface area contributed by atoms with E-state index < -0.39 is 11.7 Å². The quantitative estimate of drug-likeness (QED) is 0.470. The van der Waals surface area contributed by atoms with Gasteiger partial charge in [0.15, 0.2) is 0 Å². The number of nitrogens with zero attached hydrogens (tertiary/aromatic N) is 1. The lowest BCUT2D eigenvalue weighted by atomic mass is 9.84. The summed E-state index contributed by atoms with van der Waals surface area (Å²) in [6.45, 7) is 10.4. The highest BCUT2D eigenvalue weighted by molar-refractivity contribution is 5.94. The van der Waals surface area contributed by atoms with Gasteiger partial charge in [-0.1, -0.05) is 32.0 Å². The van der Waals surface area contributed by atoms with Gasteiger partial charge < -0.3 is 20.4 Å². The number of nitrogens with one attached hydrogen (secondary N) is 3. The van der Waals surface area contributed by atoms with Crippen molar-refractivity contribution in [1.29, 1.82) is 5.26 Å². The van der Waals surface area contributed by atoms with Crippen LogP contribution in [-0.2, 0) is 16.6 Å². The molecule has 0 saturated heterocycles. The first-order valence-electron chi connectivity index (χ1n) is 11.3. The van der Waals surface area contributed by atoms with E-state index in [1.165, 1.54) is 0 Å². The molecule has 2 amide bonds. The molecule has 0 radical (unpaired) electrons. The van der Waals surface area contributed by atoms with Gasteiger partial charge in [-0.3, -0.25) is 4.79 Å². The lowest BCUT2D eigenvalue weighted by Crippen LogP contribution is -2.39. The van der Waals surface area contributed by atoms with Crippen molar-refractivity contribution in [2.75, 3.05) is 13.1 Å². The predicted octanol–water partition coefficient (Wildman–Crippen LogP) is 4.81. The molecule has 1 aromatic heterocycles. The molecule has 0 fully saturated rings. The summed E-state index contributed by atoms with van der Waals surface area (Å²) in [7, 11) is 0. The molecule has 3 rings (SSSR count). The van der Waals surface area contributed by atoms with Gasteiger partial charge in [0, 0.05) is 41.2 Å². The van der Waals surface area contributed by atoms with Crippen LogP contribution < -0.4 is 10.6 Å². The number of carbonyl (C=O) groups is 2. The second-order valence-corrected chi connectivity index (χ2v) is 10.0. The number of hydrogen-bond acceptors (Lipinski definition) is 4. The van der Waals surface area contributed by atoms with Gasteiger partial charge in [-0.05, 0) is 62.6 Å². The fourth-order valence-electron chi connectivity index (χ4n) is 3.62. The van der Waals surface area contributed by atoms with Gasteiger partial charge in [0.2, 0.25) is 0 Å². The highest BCUT2D eigenvalue weighted by Gasteiger charge is 2.24. The van der Waals surface area contributed by atoms with Crippen LogP contribution in [0.2, 0.25) is 0 Å². The number of H-pyrrole nitrogens is 1. The number of fused-ring (bicyclic) bond motifs is 1. The zero-order chi connectivity index (χ0) is 24.9. The Morgan fingerprint density at radius 1 is 1.03 bits per heavy atom. The number of alkyl carbamates (subject to hydrolysis) is 1. The first-order valence-corrected chi connectivity index (χ1v) is 11.3. The maximum Gasteiger partial charge on any atom is 0.407 e. The van der Waals surface area contributed by atoms with Gasteiger partial charge in [0.05, 0.1) is 5.56 Å². The molecule has 7 nitrogen and oxygen atoms in total. The zero-order valence-corrected chi connectivity index (χ0v) is 20.4. The number of carbonyl (C=O) groups excluding carboxylic acids is 2. The number of amides is 2. The molecular weight excluding hydrogens is 428 g/mol. The number of aromatic amines is 1. The van der Waals surface area contributed by atoms with Crippen LogP contribution in [-0.4, -0.2) is 35.7 Å². The minimum Gasteiger partial charge on any atom is -0.444 e. The predicted molar refractivity (Wildman–Crippen MR) is 133 cm³/mol. The van der Waals surface area contributed by atoms with Crippen LogP contribution in [0.15, 0.2) is 48.7 Å². The Balaban J connectivity index is 1.53. The lowest BCUT2D eigenvalue weighted by molar-refractivity contribution is 0.0517. The number of aromatic nitrogens is 1. The van der Waals surface area contributed by atoms with Crippen molar-refractivity contribution >= 4 is 22.9 Å². The first-order chi connectivity index (χ1) is 16.0. The molecule has 0 spiro atoms. The van der Waals surface area contributed by atoms with E-state index in [9.17, 15) is 14.9 Å². The standard InChI is InChI=1S/C27H32N4O3/c1-26(2,3)34-25(33)31-17-27(4,5)21-9-7-19(8-10-21)24(32)29-13-12-18-6-11-23-22(14-18)20(15-28)16-30-23/h6-11,14,16,30H,12-13,17H2,1-5H3,(H,29,32)(H,31,33). The third-order valence-electron chi connectivity index (χ3n) is 5.57. The molecule has 0 atom stereocenters. The summed E-state index contributed by atoms with van der Waals surface area (Å²) in [5, 5.41) is 15.9. The molecule has 0 aliphatic rings. The van der Waals surface area contributed by atoms with Crippen LogP contribution in [0.3, 0.4) is 0 Å². The molecule has 3 aromatic rings. The number of rotatable bonds is 7. The molecule has 0 aliphatic carbocycles. The van der Waals surface area contributed by atoms with Gasteiger partial charge in [0.1, 0.15) is 11.7 Å². The maximum atomic E-state index is 12.6. The number of ether oxygens (including phenoxy) is 1. The Kier molecular flexibility index (Phi) is 7.31. The van der Waals surface area contributed by atoms with Crippen molar-refractivity contribution in [2.24, 2.45) is 0 Å². The molecule has 0 bridgehead atoms. The van der Waals surface area contributed by atoms with Crippen LogP contribution in [0.4, 0.5) is 4.79 Å². The highest BCUT2D eigenvalue weighted by atomic mass is 16.6. The topological polar surface area (TPSA) is 107 Å². The van der Waals surface area contributed by atoms with E-state index in [-0.39, 0.29) is 11.3 Å². The minimum absolute atomic E-state index is 0.142. The van der Waals surface area contributed by atoms with Crippen LogP contribution in [0, 0.1) is 11.3 Å². The SMILES string of the molecule is CC(C)(C)OC(=O)NCC(C)(C)c1ccc(C(=O)NCCc2ccc3[nH]cc(C#N)c3c2)cc1. The number of benzene rings is 2. The third kappa shape index (κ3) is 6.38.